The molecule has 2 aromatic carbocycles. The van der Waals surface area contributed by atoms with E-state index in [2.05, 4.69) is 0 Å². The standard InChI is InChI=1S/C12H10BNO4/c15-13(16)9-5-3-7-1-2-8-4-6-10(14(17)18)12(9)11(7)8/h3-6,15-16H,1-2H2. The van der Waals surface area contributed by atoms with Crippen molar-refractivity contribution >= 4 is 29.0 Å². The van der Waals surface area contributed by atoms with Gasteiger partial charge in [0.1, 0.15) is 0 Å². The molecule has 0 saturated carbocycles. The van der Waals surface area contributed by atoms with Gasteiger partial charge in [-0.15, -0.1) is 0 Å². The zero-order chi connectivity index (χ0) is 12.9. The van der Waals surface area contributed by atoms with Crippen LogP contribution in [0.1, 0.15) is 11.1 Å². The molecule has 2 aromatic rings. The number of nitrogens with zero attached hydrogens (tertiary/aromatic N) is 1. The quantitative estimate of drug-likeness (QED) is 0.457. The minimum atomic E-state index is -1.70. The van der Waals surface area contributed by atoms with E-state index in [1.54, 1.807) is 12.1 Å². The summed E-state index contributed by atoms with van der Waals surface area (Å²) in [4.78, 5) is 10.6. The van der Waals surface area contributed by atoms with Crippen molar-refractivity contribution in [1.29, 1.82) is 0 Å². The molecule has 0 aromatic heterocycles. The predicted octanol–water partition coefficient (Wildman–Crippen LogP) is 0.526. The molecule has 0 amide bonds. The molecule has 1 aliphatic carbocycles. The molecule has 0 saturated heterocycles. The Bertz CT molecular complexity index is 658. The van der Waals surface area contributed by atoms with Crippen LogP contribution in [-0.2, 0) is 12.8 Å². The monoisotopic (exact) mass is 243 g/mol. The molecule has 0 heterocycles. The Hall–Kier alpha value is -1.92. The van der Waals surface area contributed by atoms with Gasteiger partial charge in [0, 0.05) is 6.07 Å². The topological polar surface area (TPSA) is 83.6 Å². The number of hydrogen-bond donors (Lipinski definition) is 2. The fourth-order valence-electron chi connectivity index (χ4n) is 2.70. The SMILES string of the molecule is O=[N+]([O-])c1ccc2c3c(ccc(B(O)O)c13)CC2. The van der Waals surface area contributed by atoms with E-state index in [0.29, 0.717) is 5.39 Å². The maximum absolute atomic E-state index is 11.1. The highest BCUT2D eigenvalue weighted by Crippen LogP contribution is 2.35. The van der Waals surface area contributed by atoms with Crippen LogP contribution in [0.4, 0.5) is 5.69 Å². The number of nitro groups is 1. The molecule has 0 unspecified atom stereocenters. The van der Waals surface area contributed by atoms with Crippen molar-refractivity contribution in [2.24, 2.45) is 0 Å². The number of non-ortho nitro benzene ring substituents is 1. The number of nitro benzene ring substituents is 1. The highest BCUT2D eigenvalue weighted by atomic mass is 16.6. The fourth-order valence-corrected chi connectivity index (χ4v) is 2.70. The Kier molecular flexibility index (Phi) is 2.36. The van der Waals surface area contributed by atoms with Gasteiger partial charge in [0.05, 0.1) is 10.3 Å². The molecule has 0 aliphatic heterocycles. The number of aryl methyl sites for hydroxylation is 2. The van der Waals surface area contributed by atoms with E-state index in [9.17, 15) is 20.2 Å². The third-order valence-corrected chi connectivity index (χ3v) is 3.48. The van der Waals surface area contributed by atoms with Crippen LogP contribution in [0.2, 0.25) is 0 Å². The maximum Gasteiger partial charge on any atom is 0.489 e. The lowest BCUT2D eigenvalue weighted by molar-refractivity contribution is -0.383. The summed E-state index contributed by atoms with van der Waals surface area (Å²) in [5, 5.41) is 31.0. The second kappa shape index (κ2) is 3.79. The number of benzene rings is 2. The zero-order valence-corrected chi connectivity index (χ0v) is 9.46. The minimum Gasteiger partial charge on any atom is -0.423 e. The Morgan fingerprint density at radius 1 is 1.06 bits per heavy atom. The zero-order valence-electron chi connectivity index (χ0n) is 9.46. The van der Waals surface area contributed by atoms with Gasteiger partial charge in [0.25, 0.3) is 5.69 Å². The Balaban J connectivity index is 2.49. The van der Waals surface area contributed by atoms with Gasteiger partial charge in [-0.25, -0.2) is 0 Å². The van der Waals surface area contributed by atoms with E-state index >= 15 is 0 Å². The molecule has 0 spiro atoms. The van der Waals surface area contributed by atoms with Gasteiger partial charge in [0.15, 0.2) is 0 Å². The highest BCUT2D eigenvalue weighted by molar-refractivity contribution is 6.62. The molecule has 90 valence electrons. The lowest BCUT2D eigenvalue weighted by atomic mass is 9.76. The van der Waals surface area contributed by atoms with Gasteiger partial charge in [-0.1, -0.05) is 18.2 Å². The van der Waals surface area contributed by atoms with Gasteiger partial charge in [-0.3, -0.25) is 10.1 Å². The molecule has 0 bridgehead atoms. The predicted molar refractivity (Wildman–Crippen MR) is 67.8 cm³/mol. The largest absolute Gasteiger partial charge is 0.489 e. The van der Waals surface area contributed by atoms with E-state index < -0.39 is 12.0 Å². The molecule has 6 heteroatoms. The second-order valence-corrected chi connectivity index (χ2v) is 4.44. The van der Waals surface area contributed by atoms with E-state index in [-0.39, 0.29) is 11.2 Å². The third kappa shape index (κ3) is 1.43. The van der Waals surface area contributed by atoms with E-state index in [1.165, 1.54) is 6.07 Å². The fraction of sp³-hybridized carbons (Fsp3) is 0.167. The summed E-state index contributed by atoms with van der Waals surface area (Å²) in [6, 6.07) is 6.57. The lowest BCUT2D eigenvalue weighted by Gasteiger charge is -2.08. The molecule has 5 nitrogen and oxygen atoms in total. The van der Waals surface area contributed by atoms with E-state index in [4.69, 9.17) is 0 Å². The van der Waals surface area contributed by atoms with Gasteiger partial charge < -0.3 is 10.0 Å². The summed E-state index contributed by atoms with van der Waals surface area (Å²) >= 11 is 0. The van der Waals surface area contributed by atoms with Crippen LogP contribution in [0.5, 0.6) is 0 Å². The first-order chi connectivity index (χ1) is 8.59. The normalized spacial score (nSPS) is 13.0. The molecule has 3 rings (SSSR count). The summed E-state index contributed by atoms with van der Waals surface area (Å²) in [6.07, 6.45) is 1.68. The van der Waals surface area contributed by atoms with Crippen molar-refractivity contribution in [2.75, 3.05) is 0 Å². The van der Waals surface area contributed by atoms with Gasteiger partial charge in [-0.05, 0) is 34.8 Å². The van der Waals surface area contributed by atoms with Crippen molar-refractivity contribution in [1.82, 2.24) is 0 Å². The summed E-state index contributed by atoms with van der Waals surface area (Å²) < 4.78 is 0. The van der Waals surface area contributed by atoms with Crippen molar-refractivity contribution < 1.29 is 15.0 Å². The molecule has 0 fully saturated rings. The molecular weight excluding hydrogens is 233 g/mol. The highest BCUT2D eigenvalue weighted by Gasteiger charge is 2.27. The summed E-state index contributed by atoms with van der Waals surface area (Å²) in [7, 11) is -1.70. The summed E-state index contributed by atoms with van der Waals surface area (Å²) in [5.74, 6) is 0. The average molecular weight is 243 g/mol. The van der Waals surface area contributed by atoms with E-state index in [0.717, 1.165) is 29.4 Å². The van der Waals surface area contributed by atoms with Gasteiger partial charge >= 0.3 is 7.12 Å². The average Bonchev–Trinajstić information content (AvgIpc) is 2.74. The minimum absolute atomic E-state index is 0.0689. The number of hydrogen-bond acceptors (Lipinski definition) is 4. The van der Waals surface area contributed by atoms with Crippen molar-refractivity contribution in [3.63, 3.8) is 0 Å². The third-order valence-electron chi connectivity index (χ3n) is 3.48. The Labute approximate surface area is 103 Å². The Morgan fingerprint density at radius 3 is 2.22 bits per heavy atom. The molecule has 18 heavy (non-hydrogen) atoms. The molecule has 0 atom stereocenters. The lowest BCUT2D eigenvalue weighted by Crippen LogP contribution is -2.31. The Morgan fingerprint density at radius 2 is 1.67 bits per heavy atom. The smallest absolute Gasteiger partial charge is 0.423 e. The summed E-state index contributed by atoms with van der Waals surface area (Å²) in [6.45, 7) is 0. The van der Waals surface area contributed by atoms with Gasteiger partial charge in [0.2, 0.25) is 0 Å². The van der Waals surface area contributed by atoms with Crippen LogP contribution in [0, 0.1) is 10.1 Å². The molecular formula is C12H10BNO4. The molecule has 2 N–H and O–H groups in total. The van der Waals surface area contributed by atoms with Crippen LogP contribution in [0.15, 0.2) is 24.3 Å². The van der Waals surface area contributed by atoms with Crippen LogP contribution in [0.3, 0.4) is 0 Å². The maximum atomic E-state index is 11.1. The van der Waals surface area contributed by atoms with Crippen LogP contribution < -0.4 is 5.46 Å². The number of rotatable bonds is 2. The first-order valence-corrected chi connectivity index (χ1v) is 5.67. The van der Waals surface area contributed by atoms with Crippen LogP contribution >= 0.6 is 0 Å². The van der Waals surface area contributed by atoms with Gasteiger partial charge in [-0.2, -0.15) is 0 Å². The molecule has 0 radical (unpaired) electrons. The van der Waals surface area contributed by atoms with Crippen LogP contribution in [0.25, 0.3) is 10.8 Å². The van der Waals surface area contributed by atoms with E-state index in [1.807, 2.05) is 6.07 Å². The molecule has 1 aliphatic rings. The first kappa shape index (κ1) is 11.2. The van der Waals surface area contributed by atoms with Crippen LogP contribution in [-0.4, -0.2) is 22.1 Å². The van der Waals surface area contributed by atoms with Crippen molar-refractivity contribution in [3.05, 3.63) is 45.5 Å². The summed E-state index contributed by atoms with van der Waals surface area (Å²) in [5.41, 5.74) is 2.20. The first-order valence-electron chi connectivity index (χ1n) is 5.67. The van der Waals surface area contributed by atoms with Crippen molar-refractivity contribution in [2.45, 2.75) is 12.8 Å². The second-order valence-electron chi connectivity index (χ2n) is 4.44. The van der Waals surface area contributed by atoms with Crippen molar-refractivity contribution in [3.8, 4) is 0 Å².